The van der Waals surface area contributed by atoms with Crippen LogP contribution in [-0.2, 0) is 4.79 Å². The number of pyridine rings is 1. The van der Waals surface area contributed by atoms with Gasteiger partial charge in [-0.15, -0.1) is 0 Å². The molecule has 0 unspecified atom stereocenters. The van der Waals surface area contributed by atoms with E-state index < -0.39 is 5.97 Å². The zero-order chi connectivity index (χ0) is 14.4. The molecule has 4 nitrogen and oxygen atoms in total. The standard InChI is InChI=1S/C15H17ClN2O2/c16-12-6-5-11-7-9-18-15(13(11)10-12)17-8-3-1-2-4-14(19)20/h5-7,9-10H,1-4,8H2,(H,17,18)(H,19,20). The van der Waals surface area contributed by atoms with E-state index in [4.69, 9.17) is 16.7 Å². The number of anilines is 1. The Morgan fingerprint density at radius 2 is 2.10 bits per heavy atom. The van der Waals surface area contributed by atoms with E-state index in [9.17, 15) is 4.79 Å². The van der Waals surface area contributed by atoms with Crippen molar-refractivity contribution >= 4 is 34.2 Å². The summed E-state index contributed by atoms with van der Waals surface area (Å²) in [7, 11) is 0. The van der Waals surface area contributed by atoms with Crippen LogP contribution in [0.4, 0.5) is 5.82 Å². The average Bonchev–Trinajstić information content (AvgIpc) is 2.42. The Hall–Kier alpha value is -1.81. The highest BCUT2D eigenvalue weighted by molar-refractivity contribution is 6.31. The minimum Gasteiger partial charge on any atom is -0.481 e. The van der Waals surface area contributed by atoms with Crippen molar-refractivity contribution in [1.82, 2.24) is 4.98 Å². The molecule has 0 fully saturated rings. The molecule has 106 valence electrons. The van der Waals surface area contributed by atoms with Crippen LogP contribution in [0.5, 0.6) is 0 Å². The summed E-state index contributed by atoms with van der Waals surface area (Å²) in [5.41, 5.74) is 0. The van der Waals surface area contributed by atoms with Gasteiger partial charge in [-0.2, -0.15) is 0 Å². The molecule has 1 aromatic carbocycles. The molecule has 0 aliphatic heterocycles. The number of benzene rings is 1. The SMILES string of the molecule is O=C(O)CCCCCNc1nccc2ccc(Cl)cc12. The normalized spacial score (nSPS) is 10.7. The lowest BCUT2D eigenvalue weighted by Gasteiger charge is -2.08. The fourth-order valence-electron chi connectivity index (χ4n) is 2.07. The van der Waals surface area contributed by atoms with E-state index in [0.29, 0.717) is 11.4 Å². The van der Waals surface area contributed by atoms with Crippen molar-refractivity contribution in [2.24, 2.45) is 0 Å². The third kappa shape index (κ3) is 4.10. The third-order valence-electron chi connectivity index (χ3n) is 3.09. The number of hydrogen-bond acceptors (Lipinski definition) is 3. The first kappa shape index (κ1) is 14.6. The van der Waals surface area contributed by atoms with Crippen molar-refractivity contribution in [2.75, 3.05) is 11.9 Å². The Kier molecular flexibility index (Phi) is 5.18. The van der Waals surface area contributed by atoms with E-state index in [1.165, 1.54) is 0 Å². The van der Waals surface area contributed by atoms with Crippen LogP contribution in [-0.4, -0.2) is 22.6 Å². The minimum atomic E-state index is -0.733. The van der Waals surface area contributed by atoms with Crippen molar-refractivity contribution < 1.29 is 9.90 Å². The van der Waals surface area contributed by atoms with Gasteiger partial charge in [0.1, 0.15) is 5.82 Å². The highest BCUT2D eigenvalue weighted by atomic mass is 35.5. The van der Waals surface area contributed by atoms with E-state index in [0.717, 1.165) is 36.0 Å². The van der Waals surface area contributed by atoms with Crippen LogP contribution in [0.2, 0.25) is 5.02 Å². The van der Waals surface area contributed by atoms with Gasteiger partial charge < -0.3 is 10.4 Å². The number of carbonyl (C=O) groups is 1. The van der Waals surface area contributed by atoms with Gasteiger partial charge in [-0.25, -0.2) is 4.98 Å². The number of aromatic nitrogens is 1. The number of nitrogens with one attached hydrogen (secondary N) is 1. The molecule has 0 radical (unpaired) electrons. The number of rotatable bonds is 7. The lowest BCUT2D eigenvalue weighted by Crippen LogP contribution is -2.04. The Morgan fingerprint density at radius 1 is 1.25 bits per heavy atom. The number of fused-ring (bicyclic) bond motifs is 1. The fourth-order valence-corrected chi connectivity index (χ4v) is 2.24. The predicted octanol–water partition coefficient (Wildman–Crippen LogP) is 3.95. The van der Waals surface area contributed by atoms with Gasteiger partial charge in [0, 0.05) is 29.6 Å². The fraction of sp³-hybridized carbons (Fsp3) is 0.333. The lowest BCUT2D eigenvalue weighted by atomic mass is 10.1. The van der Waals surface area contributed by atoms with Gasteiger partial charge in [0.05, 0.1) is 0 Å². The summed E-state index contributed by atoms with van der Waals surface area (Å²) >= 11 is 6.01. The van der Waals surface area contributed by atoms with E-state index in [1.54, 1.807) is 6.20 Å². The zero-order valence-corrected chi connectivity index (χ0v) is 11.9. The molecule has 0 aliphatic carbocycles. The maximum atomic E-state index is 10.4. The predicted molar refractivity (Wildman–Crippen MR) is 81.3 cm³/mol. The van der Waals surface area contributed by atoms with Gasteiger partial charge in [0.15, 0.2) is 0 Å². The summed E-state index contributed by atoms with van der Waals surface area (Å²) in [4.78, 5) is 14.7. The number of halogens is 1. The summed E-state index contributed by atoms with van der Waals surface area (Å²) < 4.78 is 0. The number of carboxylic acid groups (broad SMARTS) is 1. The van der Waals surface area contributed by atoms with E-state index in [1.807, 2.05) is 24.3 Å². The molecule has 2 aromatic rings. The maximum Gasteiger partial charge on any atom is 0.303 e. The van der Waals surface area contributed by atoms with E-state index in [2.05, 4.69) is 10.3 Å². The van der Waals surface area contributed by atoms with Crippen molar-refractivity contribution in [3.05, 3.63) is 35.5 Å². The monoisotopic (exact) mass is 292 g/mol. The highest BCUT2D eigenvalue weighted by Crippen LogP contribution is 2.24. The second-order valence-corrected chi connectivity index (χ2v) is 5.09. The van der Waals surface area contributed by atoms with Crippen molar-refractivity contribution in [3.63, 3.8) is 0 Å². The third-order valence-corrected chi connectivity index (χ3v) is 3.32. The van der Waals surface area contributed by atoms with Crippen molar-refractivity contribution in [2.45, 2.75) is 25.7 Å². The number of nitrogens with zero attached hydrogens (tertiary/aromatic N) is 1. The number of carboxylic acids is 1. The second kappa shape index (κ2) is 7.10. The molecule has 0 spiro atoms. The Bertz CT molecular complexity index is 601. The maximum absolute atomic E-state index is 10.4. The minimum absolute atomic E-state index is 0.238. The average molecular weight is 293 g/mol. The molecule has 1 aromatic heterocycles. The summed E-state index contributed by atoms with van der Waals surface area (Å²) in [6.45, 7) is 0.776. The number of unbranched alkanes of at least 4 members (excludes halogenated alkanes) is 2. The molecule has 2 rings (SSSR count). The van der Waals surface area contributed by atoms with Gasteiger partial charge in [-0.1, -0.05) is 24.1 Å². The Balaban J connectivity index is 1.90. The summed E-state index contributed by atoms with van der Waals surface area (Å²) in [6, 6.07) is 7.68. The number of aliphatic carboxylic acids is 1. The van der Waals surface area contributed by atoms with Gasteiger partial charge in [-0.3, -0.25) is 4.79 Å². The first-order chi connectivity index (χ1) is 9.66. The first-order valence-electron chi connectivity index (χ1n) is 6.67. The largest absolute Gasteiger partial charge is 0.481 e. The van der Waals surface area contributed by atoms with Crippen LogP contribution >= 0.6 is 11.6 Å². The highest BCUT2D eigenvalue weighted by Gasteiger charge is 2.03. The zero-order valence-electron chi connectivity index (χ0n) is 11.1. The summed E-state index contributed by atoms with van der Waals surface area (Å²) in [6.07, 6.45) is 4.54. The van der Waals surface area contributed by atoms with Crippen LogP contribution in [0.25, 0.3) is 10.8 Å². The molecule has 0 atom stereocenters. The second-order valence-electron chi connectivity index (χ2n) is 4.66. The number of hydrogen-bond donors (Lipinski definition) is 2. The van der Waals surface area contributed by atoms with Crippen LogP contribution in [0, 0.1) is 0 Å². The smallest absolute Gasteiger partial charge is 0.303 e. The molecule has 5 heteroatoms. The molecular formula is C15H17ClN2O2. The molecule has 0 amide bonds. The van der Waals surface area contributed by atoms with Crippen LogP contribution < -0.4 is 5.32 Å². The van der Waals surface area contributed by atoms with Gasteiger partial charge in [0.25, 0.3) is 0 Å². The van der Waals surface area contributed by atoms with Gasteiger partial charge in [0.2, 0.25) is 0 Å². The van der Waals surface area contributed by atoms with Crippen LogP contribution in [0.1, 0.15) is 25.7 Å². The van der Waals surface area contributed by atoms with Crippen molar-refractivity contribution in [3.8, 4) is 0 Å². The molecular weight excluding hydrogens is 276 g/mol. The lowest BCUT2D eigenvalue weighted by molar-refractivity contribution is -0.137. The van der Waals surface area contributed by atoms with E-state index >= 15 is 0 Å². The topological polar surface area (TPSA) is 62.2 Å². The first-order valence-corrected chi connectivity index (χ1v) is 7.04. The van der Waals surface area contributed by atoms with Crippen LogP contribution in [0.15, 0.2) is 30.5 Å². The van der Waals surface area contributed by atoms with Gasteiger partial charge >= 0.3 is 5.97 Å². The van der Waals surface area contributed by atoms with Crippen molar-refractivity contribution in [1.29, 1.82) is 0 Å². The molecule has 0 saturated carbocycles. The van der Waals surface area contributed by atoms with Crippen LogP contribution in [0.3, 0.4) is 0 Å². The molecule has 0 aliphatic rings. The molecule has 2 N–H and O–H groups in total. The summed E-state index contributed by atoms with van der Waals surface area (Å²) in [5.74, 6) is 0.0894. The molecule has 0 bridgehead atoms. The Labute approximate surface area is 122 Å². The summed E-state index contributed by atoms with van der Waals surface area (Å²) in [5, 5.41) is 14.6. The molecule has 0 saturated heterocycles. The molecule has 1 heterocycles. The Morgan fingerprint density at radius 3 is 2.90 bits per heavy atom. The van der Waals surface area contributed by atoms with Gasteiger partial charge in [-0.05, 0) is 36.4 Å². The molecule has 20 heavy (non-hydrogen) atoms. The van der Waals surface area contributed by atoms with E-state index in [-0.39, 0.29) is 6.42 Å². The quantitative estimate of drug-likeness (QED) is 0.759.